The van der Waals surface area contributed by atoms with E-state index >= 15 is 0 Å². The van der Waals surface area contributed by atoms with E-state index in [0.717, 1.165) is 24.4 Å². The summed E-state index contributed by atoms with van der Waals surface area (Å²) < 4.78 is 13.0. The van der Waals surface area contributed by atoms with Crippen molar-refractivity contribution in [2.24, 2.45) is 0 Å². The standard InChI is InChI=1S/C12H8FN3O4/c13-6-1-2-8(17)7(5-6)11(18)16-10-9(12(19)20)14-3-4-15-10/h1-5,17H,(H,19,20)(H,15,16,18). The fourth-order valence-electron chi connectivity index (χ4n) is 1.45. The maximum atomic E-state index is 13.0. The van der Waals surface area contributed by atoms with Crippen molar-refractivity contribution in [3.05, 3.63) is 47.7 Å². The van der Waals surface area contributed by atoms with Gasteiger partial charge in [-0.3, -0.25) is 4.79 Å². The molecule has 0 atom stereocenters. The predicted octanol–water partition coefficient (Wildman–Crippen LogP) is 1.27. The number of carboxylic acids is 1. The summed E-state index contributed by atoms with van der Waals surface area (Å²) >= 11 is 0. The predicted molar refractivity (Wildman–Crippen MR) is 65.0 cm³/mol. The number of anilines is 1. The van der Waals surface area contributed by atoms with E-state index in [9.17, 15) is 19.1 Å². The second-order valence-corrected chi connectivity index (χ2v) is 3.67. The summed E-state index contributed by atoms with van der Waals surface area (Å²) in [6.45, 7) is 0. The number of hydrogen-bond donors (Lipinski definition) is 3. The Morgan fingerprint density at radius 2 is 1.90 bits per heavy atom. The molecule has 102 valence electrons. The maximum Gasteiger partial charge on any atom is 0.358 e. The van der Waals surface area contributed by atoms with Gasteiger partial charge >= 0.3 is 5.97 Å². The molecular weight excluding hydrogens is 269 g/mol. The van der Waals surface area contributed by atoms with Crippen molar-refractivity contribution in [3.63, 3.8) is 0 Å². The van der Waals surface area contributed by atoms with Gasteiger partial charge in [0, 0.05) is 12.4 Å². The number of hydrogen-bond acceptors (Lipinski definition) is 5. The Balaban J connectivity index is 2.33. The Morgan fingerprint density at radius 1 is 1.20 bits per heavy atom. The molecule has 0 aliphatic rings. The zero-order valence-electron chi connectivity index (χ0n) is 9.87. The molecule has 3 N–H and O–H groups in total. The molecule has 1 aromatic carbocycles. The Hall–Kier alpha value is -3.03. The van der Waals surface area contributed by atoms with Crippen LogP contribution in [0.15, 0.2) is 30.6 Å². The maximum absolute atomic E-state index is 13.0. The van der Waals surface area contributed by atoms with Crippen LogP contribution in [0.1, 0.15) is 20.8 Å². The monoisotopic (exact) mass is 277 g/mol. The number of aromatic carboxylic acids is 1. The molecule has 0 radical (unpaired) electrons. The molecule has 0 fully saturated rings. The zero-order valence-corrected chi connectivity index (χ0v) is 9.87. The normalized spacial score (nSPS) is 10.1. The number of carbonyl (C=O) groups is 2. The van der Waals surface area contributed by atoms with Gasteiger partial charge in [-0.15, -0.1) is 0 Å². The van der Waals surface area contributed by atoms with Crippen LogP contribution in [-0.2, 0) is 0 Å². The Morgan fingerprint density at radius 3 is 2.60 bits per heavy atom. The zero-order chi connectivity index (χ0) is 14.7. The fraction of sp³-hybridized carbons (Fsp3) is 0. The number of nitrogens with zero attached hydrogens (tertiary/aromatic N) is 2. The van der Waals surface area contributed by atoms with Gasteiger partial charge in [-0.1, -0.05) is 0 Å². The first-order valence-corrected chi connectivity index (χ1v) is 5.33. The highest BCUT2D eigenvalue weighted by atomic mass is 19.1. The summed E-state index contributed by atoms with van der Waals surface area (Å²) in [5.41, 5.74) is -0.802. The number of carbonyl (C=O) groups excluding carboxylic acids is 1. The summed E-state index contributed by atoms with van der Waals surface area (Å²) in [4.78, 5) is 30.0. The number of aromatic nitrogens is 2. The van der Waals surface area contributed by atoms with E-state index in [1.54, 1.807) is 0 Å². The molecule has 0 aliphatic heterocycles. The molecule has 1 heterocycles. The van der Waals surface area contributed by atoms with Crippen LogP contribution in [0.5, 0.6) is 5.75 Å². The quantitative estimate of drug-likeness (QED) is 0.778. The van der Waals surface area contributed by atoms with Crippen molar-refractivity contribution in [1.29, 1.82) is 0 Å². The molecule has 0 aliphatic carbocycles. The smallest absolute Gasteiger partial charge is 0.358 e. The summed E-state index contributed by atoms with van der Waals surface area (Å²) in [7, 11) is 0. The molecular formula is C12H8FN3O4. The third-order valence-corrected chi connectivity index (χ3v) is 2.34. The number of aromatic hydroxyl groups is 1. The van der Waals surface area contributed by atoms with E-state index in [2.05, 4.69) is 15.3 Å². The van der Waals surface area contributed by atoms with Crippen molar-refractivity contribution in [2.45, 2.75) is 0 Å². The summed E-state index contributed by atoms with van der Waals surface area (Å²) in [5, 5.41) is 20.5. The molecule has 7 nitrogen and oxygen atoms in total. The fourth-order valence-corrected chi connectivity index (χ4v) is 1.45. The lowest BCUT2D eigenvalue weighted by Crippen LogP contribution is -2.17. The Bertz CT molecular complexity index is 690. The molecule has 2 rings (SSSR count). The second kappa shape index (κ2) is 5.31. The number of nitrogens with one attached hydrogen (secondary N) is 1. The molecule has 1 aromatic heterocycles. The van der Waals surface area contributed by atoms with E-state index in [0.29, 0.717) is 0 Å². The molecule has 0 spiro atoms. The molecule has 0 unspecified atom stereocenters. The van der Waals surface area contributed by atoms with Gasteiger partial charge in [0.1, 0.15) is 11.6 Å². The highest BCUT2D eigenvalue weighted by molar-refractivity contribution is 6.07. The third kappa shape index (κ3) is 2.69. The second-order valence-electron chi connectivity index (χ2n) is 3.67. The number of phenolic OH excluding ortho intramolecular Hbond substituents is 1. The van der Waals surface area contributed by atoms with Crippen molar-refractivity contribution in [2.75, 3.05) is 5.32 Å². The van der Waals surface area contributed by atoms with Gasteiger partial charge in [0.25, 0.3) is 5.91 Å². The van der Waals surface area contributed by atoms with Crippen LogP contribution < -0.4 is 5.32 Å². The van der Waals surface area contributed by atoms with Crippen molar-refractivity contribution in [3.8, 4) is 5.75 Å². The van der Waals surface area contributed by atoms with Gasteiger partial charge in [0.05, 0.1) is 5.56 Å². The van der Waals surface area contributed by atoms with Crippen molar-refractivity contribution < 1.29 is 24.2 Å². The first kappa shape index (κ1) is 13.4. The molecule has 2 aromatic rings. The SMILES string of the molecule is O=C(Nc1nccnc1C(=O)O)c1cc(F)ccc1O. The van der Waals surface area contributed by atoms with Crippen LogP contribution in [0.3, 0.4) is 0 Å². The lowest BCUT2D eigenvalue weighted by Gasteiger charge is -2.07. The molecule has 8 heteroatoms. The van der Waals surface area contributed by atoms with E-state index < -0.39 is 29.1 Å². The Labute approximate surface area is 111 Å². The number of halogens is 1. The van der Waals surface area contributed by atoms with Crippen LogP contribution in [-0.4, -0.2) is 32.1 Å². The van der Waals surface area contributed by atoms with E-state index in [1.807, 2.05) is 0 Å². The van der Waals surface area contributed by atoms with Gasteiger partial charge < -0.3 is 15.5 Å². The first-order valence-electron chi connectivity index (χ1n) is 5.33. The molecule has 1 amide bonds. The number of amides is 1. The van der Waals surface area contributed by atoms with Gasteiger partial charge in [-0.25, -0.2) is 19.2 Å². The van der Waals surface area contributed by atoms with E-state index in [-0.39, 0.29) is 11.4 Å². The van der Waals surface area contributed by atoms with E-state index in [1.165, 1.54) is 6.20 Å². The van der Waals surface area contributed by atoms with Crippen LogP contribution in [0, 0.1) is 5.82 Å². The van der Waals surface area contributed by atoms with Crippen LogP contribution in [0.4, 0.5) is 10.2 Å². The highest BCUT2D eigenvalue weighted by Gasteiger charge is 2.18. The molecule has 0 saturated heterocycles. The summed E-state index contributed by atoms with van der Waals surface area (Å²) in [5.74, 6) is -3.73. The van der Waals surface area contributed by atoms with Crippen molar-refractivity contribution >= 4 is 17.7 Å². The number of rotatable bonds is 3. The molecule has 0 bridgehead atoms. The minimum absolute atomic E-state index is 0.298. The minimum Gasteiger partial charge on any atom is -0.507 e. The lowest BCUT2D eigenvalue weighted by molar-refractivity contribution is 0.0691. The lowest BCUT2D eigenvalue weighted by atomic mass is 10.2. The topological polar surface area (TPSA) is 112 Å². The number of phenols is 1. The number of carboxylic acid groups (broad SMARTS) is 1. The summed E-state index contributed by atoms with van der Waals surface area (Å²) in [6.07, 6.45) is 2.34. The average molecular weight is 277 g/mol. The van der Waals surface area contributed by atoms with Crippen molar-refractivity contribution in [1.82, 2.24) is 9.97 Å². The third-order valence-electron chi connectivity index (χ3n) is 2.34. The largest absolute Gasteiger partial charge is 0.507 e. The average Bonchev–Trinajstić information content (AvgIpc) is 2.41. The Kier molecular flexibility index (Phi) is 3.56. The van der Waals surface area contributed by atoms with Crippen LogP contribution in [0.25, 0.3) is 0 Å². The van der Waals surface area contributed by atoms with Gasteiger partial charge in [0.15, 0.2) is 11.5 Å². The van der Waals surface area contributed by atoms with Crippen LogP contribution >= 0.6 is 0 Å². The van der Waals surface area contributed by atoms with E-state index in [4.69, 9.17) is 5.11 Å². The molecule has 0 saturated carbocycles. The molecule has 20 heavy (non-hydrogen) atoms. The van der Waals surface area contributed by atoms with Gasteiger partial charge in [-0.05, 0) is 18.2 Å². The number of benzene rings is 1. The van der Waals surface area contributed by atoms with Gasteiger partial charge in [-0.2, -0.15) is 0 Å². The first-order chi connectivity index (χ1) is 9.49. The highest BCUT2D eigenvalue weighted by Crippen LogP contribution is 2.19. The minimum atomic E-state index is -1.38. The van der Waals surface area contributed by atoms with Crippen LogP contribution in [0.2, 0.25) is 0 Å². The van der Waals surface area contributed by atoms with Gasteiger partial charge in [0.2, 0.25) is 0 Å². The summed E-state index contributed by atoms with van der Waals surface area (Å²) in [6, 6.07) is 2.82.